The van der Waals surface area contributed by atoms with Crippen LogP contribution in [0.1, 0.15) is 31.2 Å². The van der Waals surface area contributed by atoms with Gasteiger partial charge >= 0.3 is 5.69 Å². The second-order valence-corrected chi connectivity index (χ2v) is 5.82. The van der Waals surface area contributed by atoms with Crippen molar-refractivity contribution < 1.29 is 14.8 Å². The highest BCUT2D eigenvalue weighted by atomic mass is 32.1. The number of ether oxygens (including phenoxy) is 1. The fraction of sp³-hybridized carbons (Fsp3) is 0.667. The van der Waals surface area contributed by atoms with Gasteiger partial charge in [0.15, 0.2) is 5.00 Å². The zero-order chi connectivity index (χ0) is 14.0. The van der Waals surface area contributed by atoms with Crippen LogP contribution in [-0.4, -0.2) is 35.8 Å². The number of aliphatic hydroxyl groups excluding tert-OH is 1. The molecule has 2 heterocycles. The summed E-state index contributed by atoms with van der Waals surface area (Å²) in [6.07, 6.45) is 0.223. The lowest BCUT2D eigenvalue weighted by molar-refractivity contribution is -0.383. The summed E-state index contributed by atoms with van der Waals surface area (Å²) >= 11 is 1.29. The first-order valence-corrected chi connectivity index (χ1v) is 7.13. The summed E-state index contributed by atoms with van der Waals surface area (Å²) in [5.41, 5.74) is 0.0787. The lowest BCUT2D eigenvalue weighted by Gasteiger charge is -2.21. The first-order valence-electron chi connectivity index (χ1n) is 6.31. The predicted molar refractivity (Wildman–Crippen MR) is 73.9 cm³/mol. The van der Waals surface area contributed by atoms with Crippen molar-refractivity contribution in [2.24, 2.45) is 0 Å². The van der Waals surface area contributed by atoms with Gasteiger partial charge in [-0.2, -0.15) is 0 Å². The molecule has 1 fully saturated rings. The summed E-state index contributed by atoms with van der Waals surface area (Å²) < 4.78 is 5.55. The van der Waals surface area contributed by atoms with E-state index in [-0.39, 0.29) is 16.7 Å². The molecular formula is C12H18N2O4S. The molecule has 0 spiro atoms. The molecule has 7 heteroatoms. The van der Waals surface area contributed by atoms with Crippen molar-refractivity contribution in [3.8, 4) is 0 Å². The molecule has 0 radical (unpaired) electrons. The fourth-order valence-corrected chi connectivity index (χ4v) is 3.23. The summed E-state index contributed by atoms with van der Waals surface area (Å²) in [6, 6.07) is 1.47. The lowest BCUT2D eigenvalue weighted by Crippen LogP contribution is -2.29. The van der Waals surface area contributed by atoms with Crippen LogP contribution in [0.2, 0.25) is 0 Å². The molecule has 106 valence electrons. The SMILES string of the molecule is CC1CN(c2sc([C@@H](C)O)cc2[N+](=O)[O-])CCCO1. The molecule has 1 N–H and O–H groups in total. The van der Waals surface area contributed by atoms with Crippen molar-refractivity contribution in [2.45, 2.75) is 32.5 Å². The molecule has 1 aromatic rings. The van der Waals surface area contributed by atoms with Crippen LogP contribution in [0.15, 0.2) is 6.07 Å². The number of nitro groups is 1. The van der Waals surface area contributed by atoms with E-state index in [1.165, 1.54) is 17.4 Å². The first kappa shape index (κ1) is 14.2. The van der Waals surface area contributed by atoms with Gasteiger partial charge in [-0.05, 0) is 20.3 Å². The molecule has 2 rings (SSSR count). The molecule has 19 heavy (non-hydrogen) atoms. The topological polar surface area (TPSA) is 75.8 Å². The minimum atomic E-state index is -0.682. The zero-order valence-electron chi connectivity index (χ0n) is 11.0. The number of rotatable bonds is 3. The molecular weight excluding hydrogens is 268 g/mol. The summed E-state index contributed by atoms with van der Waals surface area (Å²) in [4.78, 5) is 13.4. The average Bonchev–Trinajstić information content (AvgIpc) is 2.68. The van der Waals surface area contributed by atoms with Gasteiger partial charge in [-0.25, -0.2) is 0 Å². The number of hydrogen-bond acceptors (Lipinski definition) is 6. The molecule has 1 aliphatic heterocycles. The minimum Gasteiger partial charge on any atom is -0.388 e. The summed E-state index contributed by atoms with van der Waals surface area (Å²) in [5.74, 6) is 0. The quantitative estimate of drug-likeness (QED) is 0.681. The van der Waals surface area contributed by atoms with Gasteiger partial charge in [0.2, 0.25) is 0 Å². The molecule has 0 saturated carbocycles. The Hall–Kier alpha value is -1.18. The second-order valence-electron chi connectivity index (χ2n) is 4.75. The van der Waals surface area contributed by atoms with Gasteiger partial charge in [-0.3, -0.25) is 10.1 Å². The number of thiophene rings is 1. The van der Waals surface area contributed by atoms with E-state index in [4.69, 9.17) is 4.74 Å². The first-order chi connectivity index (χ1) is 8.99. The Balaban J connectivity index is 2.33. The van der Waals surface area contributed by atoms with Gasteiger partial charge in [-0.1, -0.05) is 0 Å². The number of anilines is 1. The van der Waals surface area contributed by atoms with Gasteiger partial charge in [0.25, 0.3) is 0 Å². The lowest BCUT2D eigenvalue weighted by atomic mass is 10.3. The Labute approximate surface area is 115 Å². The van der Waals surface area contributed by atoms with E-state index >= 15 is 0 Å². The fourth-order valence-electron chi connectivity index (χ4n) is 2.13. The predicted octanol–water partition coefficient (Wildman–Crippen LogP) is 2.32. The third-order valence-corrected chi connectivity index (χ3v) is 4.42. The van der Waals surface area contributed by atoms with Crippen LogP contribution in [0.4, 0.5) is 10.7 Å². The second kappa shape index (κ2) is 5.85. The Kier molecular flexibility index (Phi) is 4.38. The molecule has 6 nitrogen and oxygen atoms in total. The Morgan fingerprint density at radius 3 is 3.05 bits per heavy atom. The van der Waals surface area contributed by atoms with E-state index in [1.807, 2.05) is 11.8 Å². The molecule has 1 unspecified atom stereocenters. The van der Waals surface area contributed by atoms with Crippen molar-refractivity contribution in [3.63, 3.8) is 0 Å². The molecule has 0 aromatic carbocycles. The highest BCUT2D eigenvalue weighted by Crippen LogP contribution is 2.40. The van der Waals surface area contributed by atoms with Gasteiger partial charge in [0.1, 0.15) is 0 Å². The Bertz CT molecular complexity index is 461. The Morgan fingerprint density at radius 1 is 1.68 bits per heavy atom. The molecule has 0 bridgehead atoms. The smallest absolute Gasteiger partial charge is 0.304 e. The standard InChI is InChI=1S/C12H18N2O4S/c1-8-7-13(4-3-5-18-8)12-10(14(16)17)6-11(19-12)9(2)15/h6,8-9,15H,3-5,7H2,1-2H3/t8?,9-/m1/s1. The van der Waals surface area contributed by atoms with Crippen LogP contribution in [-0.2, 0) is 4.74 Å². The van der Waals surface area contributed by atoms with Gasteiger partial charge in [0.05, 0.1) is 17.1 Å². The molecule has 1 aliphatic rings. The van der Waals surface area contributed by atoms with Crippen molar-refractivity contribution in [1.29, 1.82) is 0 Å². The van der Waals surface area contributed by atoms with Crippen LogP contribution in [0.3, 0.4) is 0 Å². The monoisotopic (exact) mass is 286 g/mol. The van der Waals surface area contributed by atoms with Crippen LogP contribution in [0.5, 0.6) is 0 Å². The molecule has 1 saturated heterocycles. The average molecular weight is 286 g/mol. The van der Waals surface area contributed by atoms with Crippen molar-refractivity contribution in [2.75, 3.05) is 24.6 Å². The van der Waals surface area contributed by atoms with Crippen LogP contribution in [0, 0.1) is 10.1 Å². The largest absolute Gasteiger partial charge is 0.388 e. The Morgan fingerprint density at radius 2 is 2.42 bits per heavy atom. The van der Waals surface area contributed by atoms with E-state index in [1.54, 1.807) is 6.92 Å². The van der Waals surface area contributed by atoms with Gasteiger partial charge in [0, 0.05) is 30.6 Å². The maximum Gasteiger partial charge on any atom is 0.304 e. The minimum absolute atomic E-state index is 0.0548. The van der Waals surface area contributed by atoms with Crippen LogP contribution in [0.25, 0.3) is 0 Å². The summed E-state index contributed by atoms with van der Waals surface area (Å²) in [7, 11) is 0. The zero-order valence-corrected chi connectivity index (χ0v) is 11.9. The third kappa shape index (κ3) is 3.23. The van der Waals surface area contributed by atoms with E-state index in [0.717, 1.165) is 13.0 Å². The highest BCUT2D eigenvalue weighted by molar-refractivity contribution is 7.16. The summed E-state index contributed by atoms with van der Waals surface area (Å²) in [5, 5.41) is 21.4. The van der Waals surface area contributed by atoms with Gasteiger partial charge < -0.3 is 14.7 Å². The van der Waals surface area contributed by atoms with E-state index in [0.29, 0.717) is 23.0 Å². The molecule has 0 aliphatic carbocycles. The van der Waals surface area contributed by atoms with E-state index < -0.39 is 6.10 Å². The number of aliphatic hydroxyl groups is 1. The maximum absolute atomic E-state index is 11.1. The number of nitrogens with zero attached hydrogens (tertiary/aromatic N) is 2. The molecule has 0 amide bonds. The number of hydrogen-bond donors (Lipinski definition) is 1. The van der Waals surface area contributed by atoms with E-state index in [9.17, 15) is 15.2 Å². The highest BCUT2D eigenvalue weighted by Gasteiger charge is 2.27. The third-order valence-electron chi connectivity index (χ3n) is 3.06. The van der Waals surface area contributed by atoms with Crippen molar-refractivity contribution in [1.82, 2.24) is 0 Å². The van der Waals surface area contributed by atoms with Crippen LogP contribution >= 0.6 is 11.3 Å². The molecule has 2 atom stereocenters. The van der Waals surface area contributed by atoms with Crippen LogP contribution < -0.4 is 4.90 Å². The van der Waals surface area contributed by atoms with E-state index in [2.05, 4.69) is 0 Å². The normalized spacial score (nSPS) is 22.1. The van der Waals surface area contributed by atoms with Crippen molar-refractivity contribution in [3.05, 3.63) is 21.1 Å². The van der Waals surface area contributed by atoms with Crippen molar-refractivity contribution >= 4 is 22.0 Å². The maximum atomic E-state index is 11.1. The van der Waals surface area contributed by atoms with Gasteiger partial charge in [-0.15, -0.1) is 11.3 Å². The summed E-state index contributed by atoms with van der Waals surface area (Å²) in [6.45, 7) is 5.65. The molecule has 1 aromatic heterocycles.